The molecular weight excluding hydrogens is 438 g/mol. The first-order valence-corrected chi connectivity index (χ1v) is 12.8. The number of benzene rings is 2. The van der Waals surface area contributed by atoms with E-state index in [4.69, 9.17) is 9.84 Å². The first-order valence-electron chi connectivity index (χ1n) is 10.9. The second-order valence-electron chi connectivity index (χ2n) is 8.59. The molecule has 1 aliphatic rings. The number of aryl methyl sites for hydroxylation is 1. The van der Waals surface area contributed by atoms with E-state index in [0.29, 0.717) is 27.3 Å². The molecule has 0 bridgehead atoms. The monoisotopic (exact) mass is 463 g/mol. The first-order chi connectivity index (χ1) is 15.8. The minimum atomic E-state index is -3.44. The average molecular weight is 464 g/mol. The smallest absolute Gasteiger partial charge is 0.175 e. The number of hydrogen-bond acceptors (Lipinski definition) is 6. The minimum absolute atomic E-state index is 0.0301. The lowest BCUT2D eigenvalue weighted by Crippen LogP contribution is -2.34. The maximum atomic E-state index is 12.6. The molecule has 0 unspecified atom stereocenters. The first kappa shape index (κ1) is 21.5. The Labute approximate surface area is 192 Å². The van der Waals surface area contributed by atoms with Gasteiger partial charge in [0.2, 0.25) is 0 Å². The van der Waals surface area contributed by atoms with E-state index < -0.39 is 9.84 Å². The van der Waals surface area contributed by atoms with E-state index in [1.54, 1.807) is 16.8 Å². The Morgan fingerprint density at radius 3 is 2.79 bits per heavy atom. The molecule has 4 aromatic rings. The summed E-state index contributed by atoms with van der Waals surface area (Å²) in [6.07, 6.45) is 6.69. The number of nitrogens with zero attached hydrogens (tertiary/aromatic N) is 3. The summed E-state index contributed by atoms with van der Waals surface area (Å²) < 4.78 is 33.2. The van der Waals surface area contributed by atoms with Crippen molar-refractivity contribution >= 4 is 31.6 Å². The lowest BCUT2D eigenvalue weighted by Gasteiger charge is -2.24. The van der Waals surface area contributed by atoms with Gasteiger partial charge in [0.05, 0.1) is 17.0 Å². The van der Waals surface area contributed by atoms with Gasteiger partial charge in [0.15, 0.2) is 15.6 Å². The largest absolute Gasteiger partial charge is 0.487 e. The highest BCUT2D eigenvalue weighted by atomic mass is 32.2. The summed E-state index contributed by atoms with van der Waals surface area (Å²) in [6, 6.07) is 9.44. The van der Waals surface area contributed by atoms with Gasteiger partial charge in [-0.25, -0.2) is 8.42 Å². The molecule has 1 aliphatic heterocycles. The van der Waals surface area contributed by atoms with Gasteiger partial charge in [-0.15, -0.1) is 0 Å². The molecule has 0 amide bonds. The maximum absolute atomic E-state index is 12.6. The number of nitrogens with one attached hydrogen (secondary N) is 2. The van der Waals surface area contributed by atoms with Crippen LogP contribution in [0.4, 0.5) is 0 Å². The Bertz CT molecular complexity index is 1500. The lowest BCUT2D eigenvalue weighted by atomic mass is 10.1. The quantitative estimate of drug-likeness (QED) is 0.470. The van der Waals surface area contributed by atoms with Gasteiger partial charge >= 0.3 is 0 Å². The number of nitriles is 1. The average Bonchev–Trinajstić information content (AvgIpc) is 3.43. The summed E-state index contributed by atoms with van der Waals surface area (Å²) in [5.74, 6) is 0.500. The Hall–Kier alpha value is -3.35. The molecule has 0 radical (unpaired) electrons. The molecule has 0 saturated carbocycles. The number of aromatic nitrogens is 3. The van der Waals surface area contributed by atoms with Gasteiger partial charge in [0.25, 0.3) is 0 Å². The molecule has 0 spiro atoms. The van der Waals surface area contributed by atoms with Crippen molar-refractivity contribution in [2.24, 2.45) is 0 Å². The van der Waals surface area contributed by atoms with Crippen molar-refractivity contribution < 1.29 is 13.2 Å². The van der Waals surface area contributed by atoms with Crippen molar-refractivity contribution in [3.63, 3.8) is 0 Å². The molecule has 3 heterocycles. The summed E-state index contributed by atoms with van der Waals surface area (Å²) in [5, 5.41) is 19.4. The predicted molar refractivity (Wildman–Crippen MR) is 126 cm³/mol. The molecule has 9 heteroatoms. The van der Waals surface area contributed by atoms with Crippen LogP contribution >= 0.6 is 0 Å². The van der Waals surface area contributed by atoms with Crippen LogP contribution in [-0.4, -0.2) is 48.6 Å². The lowest BCUT2D eigenvalue weighted by molar-refractivity contribution is 0.164. The zero-order chi connectivity index (χ0) is 23.2. The van der Waals surface area contributed by atoms with E-state index in [9.17, 15) is 13.7 Å². The van der Waals surface area contributed by atoms with Crippen molar-refractivity contribution in [1.29, 1.82) is 5.26 Å². The number of aromatic amines is 1. The Morgan fingerprint density at radius 1 is 1.27 bits per heavy atom. The van der Waals surface area contributed by atoms with E-state index in [1.165, 1.54) is 6.26 Å². The molecular formula is C24H25N5O3S. The Morgan fingerprint density at radius 2 is 2.06 bits per heavy atom. The highest BCUT2D eigenvalue weighted by Gasteiger charge is 2.22. The molecule has 170 valence electrons. The zero-order valence-corrected chi connectivity index (χ0v) is 19.4. The van der Waals surface area contributed by atoms with Gasteiger partial charge in [-0.05, 0) is 62.7 Å². The summed E-state index contributed by atoms with van der Waals surface area (Å²) in [5.41, 5.74) is 3.54. The second-order valence-corrected chi connectivity index (χ2v) is 10.6. The number of sulfone groups is 1. The van der Waals surface area contributed by atoms with Crippen LogP contribution < -0.4 is 10.1 Å². The Balaban J connectivity index is 1.61. The zero-order valence-electron chi connectivity index (χ0n) is 18.6. The van der Waals surface area contributed by atoms with Crippen molar-refractivity contribution in [3.8, 4) is 11.8 Å². The van der Waals surface area contributed by atoms with E-state index >= 15 is 0 Å². The molecule has 5 rings (SSSR count). The van der Waals surface area contributed by atoms with Crippen LogP contribution in [-0.2, 0) is 16.4 Å². The van der Waals surface area contributed by atoms with Crippen molar-refractivity contribution in [3.05, 3.63) is 53.3 Å². The number of piperidine rings is 1. The number of ether oxygens (including phenoxy) is 1. The predicted octanol–water partition coefficient (Wildman–Crippen LogP) is 3.28. The second kappa shape index (κ2) is 8.21. The van der Waals surface area contributed by atoms with Crippen LogP contribution in [0.2, 0.25) is 0 Å². The summed E-state index contributed by atoms with van der Waals surface area (Å²) in [6.45, 7) is 3.93. The van der Waals surface area contributed by atoms with Gasteiger partial charge in [-0.3, -0.25) is 4.68 Å². The number of rotatable bonds is 5. The van der Waals surface area contributed by atoms with Gasteiger partial charge in [0, 0.05) is 40.5 Å². The third kappa shape index (κ3) is 3.96. The highest BCUT2D eigenvalue weighted by Crippen LogP contribution is 2.33. The Kier molecular flexibility index (Phi) is 5.35. The van der Waals surface area contributed by atoms with Gasteiger partial charge < -0.3 is 15.0 Å². The highest BCUT2D eigenvalue weighted by molar-refractivity contribution is 7.90. The third-order valence-corrected chi connectivity index (χ3v) is 7.36. The van der Waals surface area contributed by atoms with Gasteiger partial charge in [-0.1, -0.05) is 0 Å². The van der Waals surface area contributed by atoms with Gasteiger partial charge in [0.1, 0.15) is 17.7 Å². The third-order valence-electron chi connectivity index (χ3n) is 6.20. The standard InChI is InChI=1S/C24H25N5O3S/c1-15-11-21(33(2,30)31)20(19-7-10-27-22(15)19)14-29-13-17-4-3-16(12-25)24(23(17)28-29)32-18-5-8-26-9-6-18/h3-4,7,10-11,13,18,26-27H,5-6,8-9,14H2,1-2H3. The molecule has 0 aliphatic carbocycles. The fourth-order valence-electron chi connectivity index (χ4n) is 4.57. The number of hydrogen-bond donors (Lipinski definition) is 2. The van der Waals surface area contributed by atoms with Crippen molar-refractivity contribution in [1.82, 2.24) is 20.1 Å². The molecule has 33 heavy (non-hydrogen) atoms. The summed E-state index contributed by atoms with van der Waals surface area (Å²) in [4.78, 5) is 3.50. The summed E-state index contributed by atoms with van der Waals surface area (Å²) in [7, 11) is -3.44. The van der Waals surface area contributed by atoms with Crippen LogP contribution in [0.3, 0.4) is 0 Å². The van der Waals surface area contributed by atoms with Crippen LogP contribution in [0.5, 0.6) is 5.75 Å². The van der Waals surface area contributed by atoms with E-state index in [2.05, 4.69) is 16.4 Å². The minimum Gasteiger partial charge on any atom is -0.487 e. The number of fused-ring (bicyclic) bond motifs is 2. The fourth-order valence-corrected chi connectivity index (χ4v) is 5.58. The molecule has 2 aromatic carbocycles. The molecule has 0 atom stereocenters. The molecule has 1 saturated heterocycles. The van der Waals surface area contributed by atoms with Crippen LogP contribution in [0.1, 0.15) is 29.5 Å². The van der Waals surface area contributed by atoms with E-state index in [-0.39, 0.29) is 12.6 Å². The molecule has 1 fully saturated rings. The van der Waals surface area contributed by atoms with Gasteiger partial charge in [-0.2, -0.15) is 10.4 Å². The molecule has 8 nitrogen and oxygen atoms in total. The number of H-pyrrole nitrogens is 1. The maximum Gasteiger partial charge on any atom is 0.175 e. The topological polar surface area (TPSA) is 113 Å². The molecule has 2 N–H and O–H groups in total. The normalized spacial score (nSPS) is 15.2. The fraction of sp³-hybridized carbons (Fsp3) is 0.333. The van der Waals surface area contributed by atoms with Crippen molar-refractivity contribution in [2.75, 3.05) is 19.3 Å². The SMILES string of the molecule is Cc1cc(S(C)(=O)=O)c(Cn2cc3ccc(C#N)c(OC4CCNCC4)c3n2)c2cc[nH]c12. The van der Waals surface area contributed by atoms with Crippen molar-refractivity contribution in [2.45, 2.75) is 37.3 Å². The van der Waals surface area contributed by atoms with Crippen LogP contribution in [0.15, 0.2) is 41.6 Å². The van der Waals surface area contributed by atoms with Crippen LogP contribution in [0, 0.1) is 18.3 Å². The molecule has 2 aromatic heterocycles. The summed E-state index contributed by atoms with van der Waals surface area (Å²) >= 11 is 0. The van der Waals surface area contributed by atoms with E-state index in [1.807, 2.05) is 31.5 Å². The van der Waals surface area contributed by atoms with Crippen LogP contribution in [0.25, 0.3) is 21.8 Å². The van der Waals surface area contributed by atoms with E-state index in [0.717, 1.165) is 47.8 Å².